The normalized spacial score (nSPS) is 16.9. The Morgan fingerprint density at radius 3 is 2.33 bits per heavy atom. The van der Waals surface area contributed by atoms with Crippen molar-refractivity contribution >= 4 is 15.7 Å². The fourth-order valence-electron chi connectivity index (χ4n) is 4.08. The Morgan fingerprint density at radius 1 is 1.08 bits per heavy atom. The van der Waals surface area contributed by atoms with Gasteiger partial charge in [-0.15, -0.1) is 0 Å². The van der Waals surface area contributed by atoms with Crippen molar-refractivity contribution in [3.05, 3.63) is 52.9 Å². The molecule has 2 aromatic rings. The van der Waals surface area contributed by atoms with Crippen LogP contribution in [0.2, 0.25) is 0 Å². The van der Waals surface area contributed by atoms with E-state index in [0.717, 1.165) is 62.3 Å². The molecule has 0 aliphatic carbocycles. The minimum absolute atomic E-state index is 0.00297. The monoisotopic (exact) mass is 520 g/mol. The molecular weight excluding hydrogens is 484 g/mol. The molecule has 1 aromatic heterocycles. The van der Waals surface area contributed by atoms with Crippen LogP contribution < -0.4 is 15.8 Å². The van der Waals surface area contributed by atoms with Gasteiger partial charge in [0.05, 0.1) is 6.61 Å². The maximum absolute atomic E-state index is 12.6. The Bertz CT molecular complexity index is 1190. The molecule has 0 bridgehead atoms. The molecule has 1 fully saturated rings. The lowest BCUT2D eigenvalue weighted by Gasteiger charge is -2.32. The van der Waals surface area contributed by atoms with Crippen LogP contribution in [0.25, 0.3) is 11.1 Å². The van der Waals surface area contributed by atoms with Crippen LogP contribution in [0.3, 0.4) is 0 Å². The molecule has 3 rings (SSSR count). The van der Waals surface area contributed by atoms with Crippen molar-refractivity contribution in [1.82, 2.24) is 19.8 Å². The molecule has 1 amide bonds. The molecule has 0 radical (unpaired) electrons. The van der Waals surface area contributed by atoms with Crippen molar-refractivity contribution in [2.24, 2.45) is 0 Å². The van der Waals surface area contributed by atoms with Crippen LogP contribution in [0.1, 0.15) is 19.8 Å². The van der Waals surface area contributed by atoms with Crippen molar-refractivity contribution in [3.8, 4) is 16.9 Å². The molecule has 1 unspecified atom stereocenters. The molecule has 36 heavy (non-hydrogen) atoms. The van der Waals surface area contributed by atoms with Crippen LogP contribution in [-0.4, -0.2) is 91.3 Å². The molecule has 1 aliphatic rings. The van der Waals surface area contributed by atoms with E-state index in [0.29, 0.717) is 6.61 Å². The maximum Gasteiger partial charge on any atom is 0.264 e. The van der Waals surface area contributed by atoms with Crippen molar-refractivity contribution in [2.45, 2.75) is 31.1 Å². The first-order valence-electron chi connectivity index (χ1n) is 12.0. The highest BCUT2D eigenvalue weighted by atomic mass is 32.2. The van der Waals surface area contributed by atoms with E-state index in [1.165, 1.54) is 23.0 Å². The Labute approximate surface area is 212 Å². The zero-order valence-corrected chi connectivity index (χ0v) is 22.0. The molecule has 1 aromatic carbocycles. The van der Waals surface area contributed by atoms with E-state index in [1.54, 1.807) is 12.3 Å². The van der Waals surface area contributed by atoms with Crippen LogP contribution in [0.15, 0.2) is 47.4 Å². The predicted octanol–water partition coefficient (Wildman–Crippen LogP) is 1.23. The summed E-state index contributed by atoms with van der Waals surface area (Å²) in [6, 6.07) is 10.8. The van der Waals surface area contributed by atoms with E-state index >= 15 is 0 Å². The summed E-state index contributed by atoms with van der Waals surface area (Å²) in [6.07, 6.45) is 3.29. The molecule has 1 saturated heterocycles. The number of ether oxygens (including phenoxy) is 1. The summed E-state index contributed by atoms with van der Waals surface area (Å²) in [7, 11) is -1.69. The molecule has 2 N–H and O–H groups in total. The Balaban J connectivity index is 1.55. The number of hydrogen-bond acceptors (Lipinski definition) is 8. The average Bonchev–Trinajstić information content (AvgIpc) is 2.86. The van der Waals surface area contributed by atoms with E-state index in [2.05, 4.69) is 16.8 Å². The summed E-state index contributed by atoms with van der Waals surface area (Å²) < 4.78 is 29.6. The Morgan fingerprint density at radius 2 is 1.75 bits per heavy atom. The number of nitrogens with zero attached hydrogens (tertiary/aromatic N) is 3. The largest absolute Gasteiger partial charge is 0.494 e. The molecule has 10 nitrogen and oxygen atoms in total. The summed E-state index contributed by atoms with van der Waals surface area (Å²) in [5, 5.41) is 8.95. The standard InChI is InChI=1S/C25H36N4O6S/c1-25(24(31)26-32,36(3,33)34)10-13-29-12-9-21(19-23(29)30)20-5-7-22(8-6-20)35-18-4-11-28-16-14-27(2)15-17-28/h5-9,12,19,32H,4,10-11,13-18H2,1-3H3,(H,26,31). The lowest BCUT2D eigenvalue weighted by molar-refractivity contribution is -0.131. The second-order valence-electron chi connectivity index (χ2n) is 9.51. The SMILES string of the molecule is CN1CCN(CCCOc2ccc(-c3ccn(CCC(C)(C(=O)NO)S(C)(=O)=O)c(=O)c3)cc2)CC1. The third-order valence-corrected chi connectivity index (χ3v) is 8.92. The summed E-state index contributed by atoms with van der Waals surface area (Å²) in [5.41, 5.74) is 2.66. The van der Waals surface area contributed by atoms with Gasteiger partial charge >= 0.3 is 0 Å². The first kappa shape index (κ1) is 27.9. The second kappa shape index (κ2) is 12.0. The number of amides is 1. The molecule has 1 atom stereocenters. The lowest BCUT2D eigenvalue weighted by Crippen LogP contribution is -2.49. The number of carbonyl (C=O) groups is 1. The minimum atomic E-state index is -3.83. The number of carbonyl (C=O) groups excluding carboxylic acids is 1. The van der Waals surface area contributed by atoms with Gasteiger partial charge in [0.25, 0.3) is 11.5 Å². The molecule has 11 heteroatoms. The van der Waals surface area contributed by atoms with E-state index in [1.807, 2.05) is 24.3 Å². The minimum Gasteiger partial charge on any atom is -0.494 e. The number of aromatic nitrogens is 1. The zero-order chi connectivity index (χ0) is 26.3. The van der Waals surface area contributed by atoms with Gasteiger partial charge in [-0.05, 0) is 56.1 Å². The number of piperazine rings is 1. The first-order chi connectivity index (χ1) is 17.0. The maximum atomic E-state index is 12.6. The van der Waals surface area contributed by atoms with E-state index < -0.39 is 20.5 Å². The fourth-order valence-corrected chi connectivity index (χ4v) is 4.93. The van der Waals surface area contributed by atoms with Crippen molar-refractivity contribution < 1.29 is 23.2 Å². The molecule has 2 heterocycles. The molecular formula is C25H36N4O6S. The number of nitrogens with one attached hydrogen (secondary N) is 1. The molecule has 0 spiro atoms. The van der Waals surface area contributed by atoms with Crippen LogP contribution in [0.4, 0.5) is 0 Å². The van der Waals surface area contributed by atoms with Gasteiger partial charge in [-0.1, -0.05) is 12.1 Å². The van der Waals surface area contributed by atoms with Gasteiger partial charge in [0.2, 0.25) is 0 Å². The number of benzene rings is 1. The molecule has 198 valence electrons. The molecule has 0 saturated carbocycles. The van der Waals surface area contributed by atoms with Crippen molar-refractivity contribution in [3.63, 3.8) is 0 Å². The van der Waals surface area contributed by atoms with E-state index in [4.69, 9.17) is 9.94 Å². The average molecular weight is 521 g/mol. The third-order valence-electron chi connectivity index (χ3n) is 6.90. The highest BCUT2D eigenvalue weighted by molar-refractivity contribution is 7.92. The summed E-state index contributed by atoms with van der Waals surface area (Å²) >= 11 is 0. The third kappa shape index (κ3) is 6.94. The Kier molecular flexibility index (Phi) is 9.29. The fraction of sp³-hybridized carbons (Fsp3) is 0.520. The van der Waals surface area contributed by atoms with Gasteiger partial charge in [-0.3, -0.25) is 14.8 Å². The highest BCUT2D eigenvalue weighted by Crippen LogP contribution is 2.23. The summed E-state index contributed by atoms with van der Waals surface area (Å²) in [5.74, 6) is -0.260. The number of rotatable bonds is 11. The van der Waals surface area contributed by atoms with Gasteiger partial charge in [0, 0.05) is 57.8 Å². The van der Waals surface area contributed by atoms with Gasteiger partial charge < -0.3 is 19.1 Å². The number of likely N-dealkylation sites (N-methyl/N-ethyl adjacent to an activating group) is 1. The van der Waals surface area contributed by atoms with Crippen molar-refractivity contribution in [2.75, 3.05) is 52.6 Å². The second-order valence-corrected chi connectivity index (χ2v) is 12.0. The van der Waals surface area contributed by atoms with Crippen LogP contribution in [-0.2, 0) is 21.2 Å². The topological polar surface area (TPSA) is 121 Å². The number of hydrogen-bond donors (Lipinski definition) is 2. The first-order valence-corrected chi connectivity index (χ1v) is 13.9. The van der Waals surface area contributed by atoms with Crippen molar-refractivity contribution in [1.29, 1.82) is 0 Å². The number of sulfone groups is 1. The van der Waals surface area contributed by atoms with Crippen LogP contribution >= 0.6 is 0 Å². The lowest BCUT2D eigenvalue weighted by atomic mass is 10.1. The quantitative estimate of drug-likeness (QED) is 0.258. The smallest absolute Gasteiger partial charge is 0.264 e. The predicted molar refractivity (Wildman–Crippen MR) is 138 cm³/mol. The highest BCUT2D eigenvalue weighted by Gasteiger charge is 2.43. The van der Waals surface area contributed by atoms with Gasteiger partial charge in [-0.2, -0.15) is 0 Å². The van der Waals surface area contributed by atoms with Gasteiger partial charge in [-0.25, -0.2) is 13.9 Å². The number of aryl methyl sites for hydroxylation is 1. The molecule has 1 aliphatic heterocycles. The van der Waals surface area contributed by atoms with Gasteiger partial charge in [0.15, 0.2) is 14.6 Å². The van der Waals surface area contributed by atoms with Gasteiger partial charge in [0.1, 0.15) is 5.75 Å². The van der Waals surface area contributed by atoms with Crippen LogP contribution in [0, 0.1) is 0 Å². The van der Waals surface area contributed by atoms with E-state index in [-0.39, 0.29) is 18.5 Å². The summed E-state index contributed by atoms with van der Waals surface area (Å²) in [6.45, 7) is 7.29. The Hall–Kier alpha value is -2.73. The zero-order valence-electron chi connectivity index (χ0n) is 21.1. The van der Waals surface area contributed by atoms with Crippen LogP contribution in [0.5, 0.6) is 5.75 Å². The number of hydroxylamine groups is 1. The van der Waals surface area contributed by atoms with E-state index in [9.17, 15) is 18.0 Å². The number of pyridine rings is 1. The summed E-state index contributed by atoms with van der Waals surface area (Å²) in [4.78, 5) is 29.4.